The maximum absolute atomic E-state index is 11.2. The third-order valence-electron chi connectivity index (χ3n) is 1.87. The summed E-state index contributed by atoms with van der Waals surface area (Å²) < 4.78 is 0. The second-order valence-corrected chi connectivity index (χ2v) is 3.43. The van der Waals surface area contributed by atoms with Gasteiger partial charge < -0.3 is 10.6 Å². The van der Waals surface area contributed by atoms with Gasteiger partial charge in [-0.25, -0.2) is 0 Å². The molecule has 1 rings (SSSR count). The van der Waals surface area contributed by atoms with E-state index in [2.05, 4.69) is 10.6 Å². The minimum Gasteiger partial charge on any atom is -0.326 e. The highest BCUT2D eigenvalue weighted by atomic mass is 35.5. The molecule has 0 fully saturated rings. The highest BCUT2D eigenvalue weighted by Crippen LogP contribution is 2.15. The predicted octanol–water partition coefficient (Wildman–Crippen LogP) is 2.21. The van der Waals surface area contributed by atoms with Crippen LogP contribution in [-0.4, -0.2) is 17.7 Å². The lowest BCUT2D eigenvalue weighted by Gasteiger charge is -2.07. The van der Waals surface area contributed by atoms with E-state index in [4.69, 9.17) is 11.6 Å². The smallest absolute Gasteiger partial charge is 0.239 e. The molecule has 0 aliphatic carbocycles. The van der Waals surface area contributed by atoms with Gasteiger partial charge in [0.15, 0.2) is 0 Å². The van der Waals surface area contributed by atoms with Crippen LogP contribution in [0.15, 0.2) is 24.3 Å². The number of hydrogen-bond donors (Lipinski definition) is 2. The summed E-state index contributed by atoms with van der Waals surface area (Å²) in [6, 6.07) is 6.91. The van der Waals surface area contributed by atoms with Crippen LogP contribution in [0.25, 0.3) is 0 Å². The number of alkyl halides is 1. The number of hydrogen-bond acceptors (Lipinski definition) is 2. The Balaban J connectivity index is 2.71. The van der Waals surface area contributed by atoms with Crippen molar-refractivity contribution in [3.05, 3.63) is 24.3 Å². The lowest BCUT2D eigenvalue weighted by molar-refractivity contribution is -0.116. The van der Waals surface area contributed by atoms with Gasteiger partial charge in [-0.05, 0) is 18.2 Å². The lowest BCUT2D eigenvalue weighted by Crippen LogP contribution is -2.13. The second-order valence-electron chi connectivity index (χ2n) is 3.16. The number of anilines is 2. The van der Waals surface area contributed by atoms with Crippen molar-refractivity contribution in [1.29, 1.82) is 0 Å². The Morgan fingerprint density at radius 3 is 2.25 bits per heavy atom. The predicted molar refractivity (Wildman–Crippen MR) is 64.7 cm³/mol. The van der Waals surface area contributed by atoms with Crippen molar-refractivity contribution < 1.29 is 9.59 Å². The molecule has 0 aliphatic heterocycles. The monoisotopic (exact) mass is 240 g/mol. The Kier molecular flexibility index (Phi) is 4.79. The largest absolute Gasteiger partial charge is 0.326 e. The minimum atomic E-state index is -0.277. The molecule has 0 spiro atoms. The van der Waals surface area contributed by atoms with Crippen LogP contribution >= 0.6 is 11.6 Å². The van der Waals surface area contributed by atoms with E-state index in [9.17, 15) is 9.59 Å². The Morgan fingerprint density at radius 2 is 1.75 bits per heavy atom. The number of benzene rings is 1. The molecule has 0 heterocycles. The molecule has 5 heteroatoms. The van der Waals surface area contributed by atoms with Crippen molar-refractivity contribution in [3.8, 4) is 0 Å². The number of halogens is 1. The molecular weight excluding hydrogens is 228 g/mol. The van der Waals surface area contributed by atoms with Gasteiger partial charge in [0.1, 0.15) is 5.88 Å². The van der Waals surface area contributed by atoms with Gasteiger partial charge >= 0.3 is 0 Å². The summed E-state index contributed by atoms with van der Waals surface area (Å²) in [5, 5.41) is 5.30. The van der Waals surface area contributed by atoms with E-state index in [1.165, 1.54) is 0 Å². The molecular formula is C11H13ClN2O2. The summed E-state index contributed by atoms with van der Waals surface area (Å²) >= 11 is 5.37. The van der Waals surface area contributed by atoms with Crippen molar-refractivity contribution in [2.75, 3.05) is 16.5 Å². The zero-order chi connectivity index (χ0) is 12.0. The highest BCUT2D eigenvalue weighted by Gasteiger charge is 2.02. The molecule has 0 aliphatic rings. The molecule has 0 bridgehead atoms. The SMILES string of the molecule is CCC(=O)Nc1cccc(NC(=O)CCl)c1. The number of rotatable bonds is 4. The molecule has 2 N–H and O–H groups in total. The van der Waals surface area contributed by atoms with Gasteiger partial charge in [-0.1, -0.05) is 13.0 Å². The summed E-state index contributed by atoms with van der Waals surface area (Å²) in [5.74, 6) is -0.438. The molecule has 86 valence electrons. The fourth-order valence-electron chi connectivity index (χ4n) is 1.12. The molecule has 1 aromatic rings. The van der Waals surface area contributed by atoms with Crippen LogP contribution in [0.5, 0.6) is 0 Å². The molecule has 0 unspecified atom stereocenters. The molecule has 2 amide bonds. The van der Waals surface area contributed by atoms with Crippen LogP contribution in [0.2, 0.25) is 0 Å². The van der Waals surface area contributed by atoms with Crippen LogP contribution in [-0.2, 0) is 9.59 Å². The lowest BCUT2D eigenvalue weighted by atomic mass is 10.2. The van der Waals surface area contributed by atoms with E-state index in [1.807, 2.05) is 0 Å². The zero-order valence-electron chi connectivity index (χ0n) is 8.92. The molecule has 0 saturated carbocycles. The van der Waals surface area contributed by atoms with Crippen LogP contribution in [0.3, 0.4) is 0 Å². The van der Waals surface area contributed by atoms with Crippen LogP contribution in [0, 0.1) is 0 Å². The Labute approximate surface area is 99.0 Å². The van der Waals surface area contributed by atoms with E-state index >= 15 is 0 Å². The first kappa shape index (κ1) is 12.5. The maximum Gasteiger partial charge on any atom is 0.239 e. The van der Waals surface area contributed by atoms with Crippen molar-refractivity contribution in [3.63, 3.8) is 0 Å². The van der Waals surface area contributed by atoms with Gasteiger partial charge in [-0.2, -0.15) is 0 Å². The quantitative estimate of drug-likeness (QED) is 0.793. The molecule has 0 saturated heterocycles. The average molecular weight is 241 g/mol. The van der Waals surface area contributed by atoms with Crippen molar-refractivity contribution >= 4 is 34.8 Å². The summed E-state index contributed by atoms with van der Waals surface area (Å²) in [5.41, 5.74) is 1.26. The summed E-state index contributed by atoms with van der Waals surface area (Å²) in [6.07, 6.45) is 0.415. The number of nitrogens with one attached hydrogen (secondary N) is 2. The molecule has 16 heavy (non-hydrogen) atoms. The van der Waals surface area contributed by atoms with E-state index in [0.717, 1.165) is 0 Å². The van der Waals surface area contributed by atoms with Gasteiger partial charge in [0.05, 0.1) is 0 Å². The number of carbonyl (C=O) groups is 2. The van der Waals surface area contributed by atoms with Crippen LogP contribution < -0.4 is 10.6 Å². The summed E-state index contributed by atoms with van der Waals surface area (Å²) in [4.78, 5) is 22.2. The summed E-state index contributed by atoms with van der Waals surface area (Å²) in [6.45, 7) is 1.77. The van der Waals surface area contributed by atoms with E-state index < -0.39 is 0 Å². The molecule has 1 aromatic carbocycles. The second kappa shape index (κ2) is 6.12. The van der Waals surface area contributed by atoms with Gasteiger partial charge in [0, 0.05) is 17.8 Å². The minimum absolute atomic E-state index is 0.0687. The standard InChI is InChI=1S/C11H13ClN2O2/c1-2-10(15)13-8-4-3-5-9(6-8)14-11(16)7-12/h3-6H,2,7H2,1H3,(H,13,15)(H,14,16). The molecule has 0 radical (unpaired) electrons. The molecule has 4 nitrogen and oxygen atoms in total. The van der Waals surface area contributed by atoms with Crippen LogP contribution in [0.4, 0.5) is 11.4 Å². The normalized spacial score (nSPS) is 9.62. The Hall–Kier alpha value is -1.55. The molecule has 0 aromatic heterocycles. The first-order chi connectivity index (χ1) is 7.65. The van der Waals surface area contributed by atoms with Crippen molar-refractivity contribution in [2.45, 2.75) is 13.3 Å². The van der Waals surface area contributed by atoms with Crippen LogP contribution in [0.1, 0.15) is 13.3 Å². The fraction of sp³-hybridized carbons (Fsp3) is 0.273. The maximum atomic E-state index is 11.2. The number of carbonyl (C=O) groups excluding carboxylic acids is 2. The third kappa shape index (κ3) is 3.90. The Bertz CT molecular complexity index is 360. The zero-order valence-corrected chi connectivity index (χ0v) is 9.67. The van der Waals surface area contributed by atoms with E-state index in [1.54, 1.807) is 31.2 Å². The van der Waals surface area contributed by atoms with Gasteiger partial charge in [0.25, 0.3) is 0 Å². The fourth-order valence-corrected chi connectivity index (χ4v) is 1.19. The van der Waals surface area contributed by atoms with Gasteiger partial charge in [-0.15, -0.1) is 11.6 Å². The first-order valence-corrected chi connectivity index (χ1v) is 5.45. The third-order valence-corrected chi connectivity index (χ3v) is 2.12. The van der Waals surface area contributed by atoms with E-state index in [0.29, 0.717) is 17.8 Å². The van der Waals surface area contributed by atoms with Gasteiger partial charge in [0.2, 0.25) is 11.8 Å². The highest BCUT2D eigenvalue weighted by molar-refractivity contribution is 6.29. The van der Waals surface area contributed by atoms with Crippen molar-refractivity contribution in [2.24, 2.45) is 0 Å². The first-order valence-electron chi connectivity index (χ1n) is 4.91. The molecule has 0 atom stereocenters. The number of amides is 2. The average Bonchev–Trinajstić information content (AvgIpc) is 2.29. The van der Waals surface area contributed by atoms with E-state index in [-0.39, 0.29) is 17.7 Å². The Morgan fingerprint density at radius 1 is 1.19 bits per heavy atom. The topological polar surface area (TPSA) is 58.2 Å². The van der Waals surface area contributed by atoms with Gasteiger partial charge in [-0.3, -0.25) is 9.59 Å². The summed E-state index contributed by atoms with van der Waals surface area (Å²) in [7, 11) is 0. The van der Waals surface area contributed by atoms with Crippen molar-refractivity contribution in [1.82, 2.24) is 0 Å².